The van der Waals surface area contributed by atoms with Crippen LogP contribution in [0.15, 0.2) is 47.3 Å². The third kappa shape index (κ3) is 3.32. The maximum absolute atomic E-state index is 12.6. The standard InChI is InChI=1S/C19H22N2O4/c22-18(16-11-20-14-24-16)21-9-7-17(19(13-21)8-4-10-25-19)23-12-15-5-2-1-3-6-15/h1-3,5-6,11,14,17H,4,7-10,12-13H2/t17-,19-/m0/s1. The normalized spacial score (nSPS) is 26.2. The lowest BCUT2D eigenvalue weighted by atomic mass is 9.86. The molecule has 1 aromatic carbocycles. The van der Waals surface area contributed by atoms with E-state index in [4.69, 9.17) is 13.9 Å². The summed E-state index contributed by atoms with van der Waals surface area (Å²) in [4.78, 5) is 18.2. The molecule has 0 radical (unpaired) electrons. The minimum Gasteiger partial charge on any atom is -0.438 e. The average molecular weight is 342 g/mol. The number of benzene rings is 1. The molecule has 2 aromatic rings. The molecule has 6 heteroatoms. The third-order valence-electron chi connectivity index (χ3n) is 5.06. The second-order valence-corrected chi connectivity index (χ2v) is 6.68. The van der Waals surface area contributed by atoms with E-state index in [0.29, 0.717) is 19.7 Å². The van der Waals surface area contributed by atoms with Crippen molar-refractivity contribution in [1.29, 1.82) is 0 Å². The van der Waals surface area contributed by atoms with Gasteiger partial charge in [-0.1, -0.05) is 30.3 Å². The van der Waals surface area contributed by atoms with Crippen molar-refractivity contribution in [2.75, 3.05) is 19.7 Å². The number of carbonyl (C=O) groups excluding carboxylic acids is 1. The van der Waals surface area contributed by atoms with Gasteiger partial charge in [0, 0.05) is 13.2 Å². The van der Waals surface area contributed by atoms with Gasteiger partial charge in [0.05, 0.1) is 25.5 Å². The molecule has 0 saturated carbocycles. The Bertz CT molecular complexity index is 695. The van der Waals surface area contributed by atoms with E-state index < -0.39 is 5.60 Å². The van der Waals surface area contributed by atoms with Gasteiger partial charge in [-0.3, -0.25) is 4.79 Å². The highest BCUT2D eigenvalue weighted by Crippen LogP contribution is 2.37. The lowest BCUT2D eigenvalue weighted by molar-refractivity contribution is -0.153. The monoisotopic (exact) mass is 342 g/mol. The fraction of sp³-hybridized carbons (Fsp3) is 0.474. The highest BCUT2D eigenvalue weighted by atomic mass is 16.6. The van der Waals surface area contributed by atoms with Gasteiger partial charge < -0.3 is 18.8 Å². The number of hydrogen-bond acceptors (Lipinski definition) is 5. The topological polar surface area (TPSA) is 64.8 Å². The SMILES string of the molecule is O=C(c1cnco1)N1CC[C@H](OCc2ccccc2)[C@]2(CCCO2)C1. The molecule has 1 aromatic heterocycles. The molecule has 2 aliphatic rings. The molecule has 2 atom stereocenters. The number of nitrogens with zero attached hydrogens (tertiary/aromatic N) is 2. The molecule has 0 aliphatic carbocycles. The molecule has 2 fully saturated rings. The lowest BCUT2D eigenvalue weighted by Crippen LogP contribution is -2.58. The number of amides is 1. The Morgan fingerprint density at radius 2 is 2.24 bits per heavy atom. The van der Waals surface area contributed by atoms with Gasteiger partial charge >= 0.3 is 0 Å². The van der Waals surface area contributed by atoms with Gasteiger partial charge in [0.25, 0.3) is 5.91 Å². The summed E-state index contributed by atoms with van der Waals surface area (Å²) < 4.78 is 17.5. The molecule has 0 bridgehead atoms. The van der Waals surface area contributed by atoms with Gasteiger partial charge in [-0.05, 0) is 24.8 Å². The molecule has 3 heterocycles. The zero-order valence-corrected chi connectivity index (χ0v) is 14.1. The summed E-state index contributed by atoms with van der Waals surface area (Å²) in [5.74, 6) is 0.144. The first kappa shape index (κ1) is 16.3. The zero-order valence-electron chi connectivity index (χ0n) is 14.1. The van der Waals surface area contributed by atoms with Crippen LogP contribution in [0.25, 0.3) is 0 Å². The maximum atomic E-state index is 12.6. The van der Waals surface area contributed by atoms with Crippen molar-refractivity contribution in [2.24, 2.45) is 0 Å². The molecule has 2 aliphatic heterocycles. The molecule has 25 heavy (non-hydrogen) atoms. The highest BCUT2D eigenvalue weighted by Gasteiger charge is 2.48. The molecular weight excluding hydrogens is 320 g/mol. The van der Waals surface area contributed by atoms with Crippen LogP contribution in [-0.4, -0.2) is 47.2 Å². The van der Waals surface area contributed by atoms with Crippen LogP contribution in [0.3, 0.4) is 0 Å². The lowest BCUT2D eigenvalue weighted by Gasteiger charge is -2.44. The Balaban J connectivity index is 1.46. The van der Waals surface area contributed by atoms with E-state index in [1.54, 1.807) is 4.90 Å². The minimum absolute atomic E-state index is 0.00557. The first-order chi connectivity index (χ1) is 12.3. The summed E-state index contributed by atoms with van der Waals surface area (Å²) in [6.07, 6.45) is 5.40. The molecule has 1 spiro atoms. The van der Waals surface area contributed by atoms with Crippen molar-refractivity contribution in [1.82, 2.24) is 9.88 Å². The molecule has 2 saturated heterocycles. The molecule has 132 valence electrons. The zero-order chi connectivity index (χ0) is 17.1. The molecule has 0 unspecified atom stereocenters. The molecular formula is C19H22N2O4. The van der Waals surface area contributed by atoms with Crippen LogP contribution in [0.1, 0.15) is 35.4 Å². The number of hydrogen-bond donors (Lipinski definition) is 0. The van der Waals surface area contributed by atoms with Gasteiger partial charge in [0.15, 0.2) is 6.39 Å². The van der Waals surface area contributed by atoms with Crippen LogP contribution in [0.2, 0.25) is 0 Å². The van der Waals surface area contributed by atoms with Crippen molar-refractivity contribution >= 4 is 5.91 Å². The average Bonchev–Trinajstić information content (AvgIpc) is 3.34. The van der Waals surface area contributed by atoms with Gasteiger partial charge in [-0.25, -0.2) is 4.98 Å². The van der Waals surface area contributed by atoms with Crippen molar-refractivity contribution in [2.45, 2.75) is 37.6 Å². The third-order valence-corrected chi connectivity index (χ3v) is 5.06. The second kappa shape index (κ2) is 6.98. The van der Waals surface area contributed by atoms with Crippen LogP contribution in [0, 0.1) is 0 Å². The van der Waals surface area contributed by atoms with E-state index in [2.05, 4.69) is 17.1 Å². The maximum Gasteiger partial charge on any atom is 0.291 e. The summed E-state index contributed by atoms with van der Waals surface area (Å²) in [6.45, 7) is 2.44. The highest BCUT2D eigenvalue weighted by molar-refractivity contribution is 5.91. The Morgan fingerprint density at radius 1 is 1.36 bits per heavy atom. The Labute approximate surface area is 146 Å². The van der Waals surface area contributed by atoms with Crippen LogP contribution < -0.4 is 0 Å². The Morgan fingerprint density at radius 3 is 2.96 bits per heavy atom. The predicted molar refractivity (Wildman–Crippen MR) is 90.0 cm³/mol. The number of oxazole rings is 1. The van der Waals surface area contributed by atoms with Crippen molar-refractivity contribution < 1.29 is 18.7 Å². The van der Waals surface area contributed by atoms with Crippen LogP contribution in [0.4, 0.5) is 0 Å². The summed E-state index contributed by atoms with van der Waals surface area (Å²) in [5.41, 5.74) is 0.735. The van der Waals surface area contributed by atoms with Gasteiger partial charge in [0.2, 0.25) is 5.76 Å². The van der Waals surface area contributed by atoms with E-state index in [1.807, 2.05) is 18.2 Å². The summed E-state index contributed by atoms with van der Waals surface area (Å²) in [7, 11) is 0. The van der Waals surface area contributed by atoms with E-state index in [-0.39, 0.29) is 17.8 Å². The molecule has 4 rings (SSSR count). The van der Waals surface area contributed by atoms with Gasteiger partial charge in [-0.2, -0.15) is 0 Å². The first-order valence-electron chi connectivity index (χ1n) is 8.74. The number of ether oxygens (including phenoxy) is 2. The van der Waals surface area contributed by atoms with Crippen LogP contribution in [0.5, 0.6) is 0 Å². The largest absolute Gasteiger partial charge is 0.438 e. The Hall–Kier alpha value is -2.18. The summed E-state index contributed by atoms with van der Waals surface area (Å²) in [6, 6.07) is 10.1. The molecule has 0 N–H and O–H groups in total. The fourth-order valence-corrected chi connectivity index (χ4v) is 3.79. The van der Waals surface area contributed by atoms with Crippen LogP contribution >= 0.6 is 0 Å². The number of carbonyl (C=O) groups is 1. The summed E-state index contributed by atoms with van der Waals surface area (Å²) >= 11 is 0. The second-order valence-electron chi connectivity index (χ2n) is 6.68. The Kier molecular flexibility index (Phi) is 4.55. The number of aromatic nitrogens is 1. The van der Waals surface area contributed by atoms with Gasteiger partial charge in [-0.15, -0.1) is 0 Å². The quantitative estimate of drug-likeness (QED) is 0.855. The van der Waals surface area contributed by atoms with E-state index >= 15 is 0 Å². The molecule has 1 amide bonds. The van der Waals surface area contributed by atoms with Crippen molar-refractivity contribution in [3.05, 3.63) is 54.2 Å². The smallest absolute Gasteiger partial charge is 0.291 e. The van der Waals surface area contributed by atoms with E-state index in [9.17, 15) is 4.79 Å². The summed E-state index contributed by atoms with van der Waals surface area (Å²) in [5, 5.41) is 0. The first-order valence-corrected chi connectivity index (χ1v) is 8.74. The van der Waals surface area contributed by atoms with E-state index in [1.165, 1.54) is 12.6 Å². The van der Waals surface area contributed by atoms with Crippen molar-refractivity contribution in [3.8, 4) is 0 Å². The predicted octanol–water partition coefficient (Wildman–Crippen LogP) is 2.66. The minimum atomic E-state index is -0.414. The van der Waals surface area contributed by atoms with Crippen molar-refractivity contribution in [3.63, 3.8) is 0 Å². The van der Waals surface area contributed by atoms with E-state index in [0.717, 1.165) is 31.4 Å². The number of likely N-dealkylation sites (tertiary alicyclic amines) is 1. The molecule has 6 nitrogen and oxygen atoms in total. The van der Waals surface area contributed by atoms with Crippen LogP contribution in [-0.2, 0) is 16.1 Å². The fourth-order valence-electron chi connectivity index (χ4n) is 3.79. The number of rotatable bonds is 4. The van der Waals surface area contributed by atoms with Gasteiger partial charge in [0.1, 0.15) is 5.60 Å². The number of piperidine rings is 1.